The van der Waals surface area contributed by atoms with Crippen molar-refractivity contribution in [3.63, 3.8) is 0 Å². The van der Waals surface area contributed by atoms with Gasteiger partial charge in [0.25, 0.3) is 0 Å². The van der Waals surface area contributed by atoms with E-state index in [0.717, 1.165) is 10.6 Å². The molecule has 0 amide bonds. The summed E-state index contributed by atoms with van der Waals surface area (Å²) >= 11 is 7.07. The first-order chi connectivity index (χ1) is 19.6. The van der Waals surface area contributed by atoms with Crippen LogP contribution >= 0.6 is 11.6 Å². The van der Waals surface area contributed by atoms with E-state index in [1.165, 1.54) is 22.3 Å². The van der Waals surface area contributed by atoms with E-state index < -0.39 is 0 Å². The van der Waals surface area contributed by atoms with Crippen molar-refractivity contribution in [2.75, 3.05) is 0 Å². The lowest BCUT2D eigenvalue weighted by Gasteiger charge is -2.39. The Labute approximate surface area is 243 Å². The van der Waals surface area contributed by atoms with Crippen LogP contribution in [0.15, 0.2) is 146 Å². The number of benzene rings is 5. The fourth-order valence-electron chi connectivity index (χ4n) is 6.51. The van der Waals surface area contributed by atoms with Gasteiger partial charge < -0.3 is 0 Å². The van der Waals surface area contributed by atoms with Crippen LogP contribution in [0.5, 0.6) is 0 Å². The second-order valence-electron chi connectivity index (χ2n) is 10.7. The molecule has 200 valence electrons. The number of hydrogen-bond donors (Lipinski definition) is 0. The van der Waals surface area contributed by atoms with Crippen LogP contribution in [-0.4, -0.2) is 9.80 Å². The van der Waals surface area contributed by atoms with Crippen molar-refractivity contribution in [3.05, 3.63) is 178 Å². The zero-order valence-electron chi connectivity index (χ0n) is 23.0. The van der Waals surface area contributed by atoms with Gasteiger partial charge >= 0.3 is 0 Å². The van der Waals surface area contributed by atoms with Gasteiger partial charge in [-0.25, -0.2) is 0 Å². The zero-order valence-corrected chi connectivity index (χ0v) is 23.8. The molecule has 5 aromatic carbocycles. The monoisotopic (exact) mass is 542 g/mol. The van der Waals surface area contributed by atoms with Crippen LogP contribution in [0.4, 0.5) is 0 Å². The molecule has 1 saturated heterocycles. The fourth-order valence-corrected chi connectivity index (χ4v) is 6.75. The summed E-state index contributed by atoms with van der Waals surface area (Å²) in [5.41, 5.74) is 6.33. The summed E-state index contributed by atoms with van der Waals surface area (Å²) in [6, 6.07) is 52.6. The maximum Gasteiger partial charge on any atom is 0.0922 e. The highest BCUT2D eigenvalue weighted by atomic mass is 35.5. The van der Waals surface area contributed by atoms with Crippen molar-refractivity contribution in [3.8, 4) is 0 Å². The maximum absolute atomic E-state index is 7.07. The van der Waals surface area contributed by atoms with Gasteiger partial charge in [-0.05, 0) is 42.2 Å². The molecule has 0 saturated carbocycles. The van der Waals surface area contributed by atoms with E-state index in [0.29, 0.717) is 0 Å². The third-order valence-electron chi connectivity index (χ3n) is 8.43. The number of rotatable bonds is 7. The van der Waals surface area contributed by atoms with Gasteiger partial charge in [-0.1, -0.05) is 151 Å². The molecule has 40 heavy (non-hydrogen) atoms. The summed E-state index contributed by atoms with van der Waals surface area (Å²) in [6.07, 6.45) is -0.0606. The van der Waals surface area contributed by atoms with Crippen molar-refractivity contribution in [2.45, 2.75) is 44.2 Å². The molecular weight excluding hydrogens is 508 g/mol. The average Bonchev–Trinajstić information content (AvgIpc) is 3.38. The molecule has 6 rings (SSSR count). The van der Waals surface area contributed by atoms with Gasteiger partial charge in [0.15, 0.2) is 0 Å². The minimum Gasteiger partial charge on any atom is -0.268 e. The lowest BCUT2D eigenvalue weighted by atomic mass is 9.90. The van der Waals surface area contributed by atoms with Crippen molar-refractivity contribution in [2.24, 2.45) is 0 Å². The van der Waals surface area contributed by atoms with Crippen molar-refractivity contribution < 1.29 is 0 Å². The zero-order chi connectivity index (χ0) is 27.5. The van der Waals surface area contributed by atoms with Gasteiger partial charge in [0.05, 0.1) is 18.2 Å². The van der Waals surface area contributed by atoms with Gasteiger partial charge in [0.2, 0.25) is 0 Å². The molecule has 0 bridgehead atoms. The third kappa shape index (κ3) is 4.99. The predicted octanol–water partition coefficient (Wildman–Crippen LogP) is 9.96. The molecule has 0 spiro atoms. The molecular formula is C37H35ClN2. The normalized spacial score (nSPS) is 19.9. The molecule has 0 aliphatic carbocycles. The molecule has 1 fully saturated rings. The molecule has 1 aliphatic heterocycles. The lowest BCUT2D eigenvalue weighted by molar-refractivity contribution is 0.0567. The van der Waals surface area contributed by atoms with E-state index in [9.17, 15) is 0 Å². The van der Waals surface area contributed by atoms with Gasteiger partial charge in [0, 0.05) is 22.7 Å². The van der Waals surface area contributed by atoms with Gasteiger partial charge in [-0.2, -0.15) is 0 Å². The van der Waals surface area contributed by atoms with Gasteiger partial charge in [-0.3, -0.25) is 9.80 Å². The Morgan fingerprint density at radius 2 is 0.825 bits per heavy atom. The van der Waals surface area contributed by atoms with Crippen molar-refractivity contribution in [1.82, 2.24) is 9.80 Å². The smallest absolute Gasteiger partial charge is 0.0922 e. The van der Waals surface area contributed by atoms with E-state index in [2.05, 4.69) is 157 Å². The minimum atomic E-state index is -0.0606. The largest absolute Gasteiger partial charge is 0.268 e. The first kappa shape index (κ1) is 26.5. The Bertz CT molecular complexity index is 1410. The second kappa shape index (κ2) is 11.8. The first-order valence-electron chi connectivity index (χ1n) is 14.1. The molecule has 4 atom stereocenters. The number of halogens is 1. The Hall–Kier alpha value is -3.69. The van der Waals surface area contributed by atoms with Crippen LogP contribution in [0, 0.1) is 0 Å². The molecule has 0 N–H and O–H groups in total. The summed E-state index contributed by atoms with van der Waals surface area (Å²) < 4.78 is 0. The van der Waals surface area contributed by atoms with E-state index >= 15 is 0 Å². The summed E-state index contributed by atoms with van der Waals surface area (Å²) in [5, 5.41) is 0.795. The highest BCUT2D eigenvalue weighted by molar-refractivity contribution is 6.31. The Balaban J connectivity index is 1.64. The highest BCUT2D eigenvalue weighted by Gasteiger charge is 2.52. The van der Waals surface area contributed by atoms with Crippen LogP contribution < -0.4 is 0 Å². The molecule has 3 heteroatoms. The molecule has 1 aliphatic rings. The molecule has 2 nitrogen and oxygen atoms in total. The minimum absolute atomic E-state index is 0.0606. The van der Waals surface area contributed by atoms with Crippen LogP contribution in [0.25, 0.3) is 0 Å². The van der Waals surface area contributed by atoms with E-state index in [-0.39, 0.29) is 30.3 Å². The van der Waals surface area contributed by atoms with Crippen LogP contribution in [0.2, 0.25) is 5.02 Å². The van der Waals surface area contributed by atoms with E-state index in [1.54, 1.807) is 0 Å². The second-order valence-corrected chi connectivity index (χ2v) is 11.1. The molecule has 0 radical (unpaired) electrons. The summed E-state index contributed by atoms with van der Waals surface area (Å²) in [5.74, 6) is 0. The SMILES string of the molecule is C[C@H](c1ccccc1)N1C(c2ccccc2Cl)N([C@H](C)c2ccccc2)[C@@H](c2ccccc2)[C@@H]1c1ccccc1. The Morgan fingerprint density at radius 1 is 0.475 bits per heavy atom. The van der Waals surface area contributed by atoms with Crippen LogP contribution in [0.3, 0.4) is 0 Å². The van der Waals surface area contributed by atoms with E-state index in [1.807, 2.05) is 12.1 Å². The highest BCUT2D eigenvalue weighted by Crippen LogP contribution is 2.59. The first-order valence-corrected chi connectivity index (χ1v) is 14.5. The number of hydrogen-bond acceptors (Lipinski definition) is 2. The lowest BCUT2D eigenvalue weighted by Crippen LogP contribution is -2.35. The standard InChI is InChI=1S/C37H35ClN2/c1-27(29-17-7-3-8-18-29)39-35(31-21-11-5-12-22-31)36(32-23-13-6-14-24-32)40(28(2)30-19-9-4-10-20-30)37(39)33-25-15-16-26-34(33)38/h3-28,35-37H,1-2H3/t27-,28-,35+,36+/m1/s1. The van der Waals surface area contributed by atoms with Crippen LogP contribution in [-0.2, 0) is 0 Å². The maximum atomic E-state index is 7.07. The average molecular weight is 543 g/mol. The summed E-state index contributed by atoms with van der Waals surface area (Å²) in [7, 11) is 0. The Morgan fingerprint density at radius 3 is 1.23 bits per heavy atom. The quantitative estimate of drug-likeness (QED) is 0.202. The molecule has 1 heterocycles. The van der Waals surface area contributed by atoms with E-state index in [4.69, 9.17) is 11.6 Å². The third-order valence-corrected chi connectivity index (χ3v) is 8.77. The predicted molar refractivity (Wildman–Crippen MR) is 166 cm³/mol. The van der Waals surface area contributed by atoms with Gasteiger partial charge in [0.1, 0.15) is 0 Å². The fraction of sp³-hybridized carbons (Fsp3) is 0.189. The molecule has 0 aromatic heterocycles. The summed E-state index contributed by atoms with van der Waals surface area (Å²) in [6.45, 7) is 4.68. The van der Waals surface area contributed by atoms with Crippen molar-refractivity contribution >= 4 is 11.6 Å². The summed E-state index contributed by atoms with van der Waals surface area (Å²) in [4.78, 5) is 5.39. The molecule has 5 aromatic rings. The van der Waals surface area contributed by atoms with Crippen LogP contribution in [0.1, 0.15) is 72.0 Å². The molecule has 0 unspecified atom stereocenters. The Kier molecular flexibility index (Phi) is 7.84. The van der Waals surface area contributed by atoms with Crippen molar-refractivity contribution in [1.29, 1.82) is 0 Å². The topological polar surface area (TPSA) is 6.48 Å². The van der Waals surface area contributed by atoms with Gasteiger partial charge in [-0.15, -0.1) is 0 Å². The number of nitrogens with zero attached hydrogens (tertiary/aromatic N) is 2.